The van der Waals surface area contributed by atoms with Crippen molar-refractivity contribution in [3.05, 3.63) is 82.9 Å². The van der Waals surface area contributed by atoms with Gasteiger partial charge in [0.25, 0.3) is 0 Å². The Hall–Kier alpha value is -1.79. The molecule has 1 atom stereocenters. The third kappa shape index (κ3) is 3.28. The van der Waals surface area contributed by atoms with Crippen LogP contribution in [0.1, 0.15) is 27.6 Å². The Morgan fingerprint density at radius 3 is 2.19 bits per heavy atom. The van der Waals surface area contributed by atoms with E-state index in [1.807, 2.05) is 0 Å². The standard InChI is InChI=1S/C20H19Cl/c1-14-3-8-18(9-4-14)20(21)13-16-6-10-17-7-5-15(2)11-19(17)12-16/h3-12,20H,13H2,1-2H3. The Bertz CT molecular complexity index is 756. The van der Waals surface area contributed by atoms with Crippen molar-refractivity contribution < 1.29 is 0 Å². The Labute approximate surface area is 131 Å². The fourth-order valence-corrected chi connectivity index (χ4v) is 2.97. The third-order valence-electron chi connectivity index (χ3n) is 3.91. The van der Waals surface area contributed by atoms with Crippen LogP contribution in [0.4, 0.5) is 0 Å². The molecular formula is C20H19Cl. The molecule has 0 radical (unpaired) electrons. The zero-order chi connectivity index (χ0) is 14.8. The minimum absolute atomic E-state index is 0.0212. The van der Waals surface area contributed by atoms with E-state index in [-0.39, 0.29) is 5.38 Å². The van der Waals surface area contributed by atoms with Gasteiger partial charge in [-0.05, 0) is 42.2 Å². The largest absolute Gasteiger partial charge is 0.117 e. The lowest BCUT2D eigenvalue weighted by Gasteiger charge is -2.11. The van der Waals surface area contributed by atoms with Crippen molar-refractivity contribution in [2.75, 3.05) is 0 Å². The minimum Gasteiger partial charge on any atom is -0.117 e. The van der Waals surface area contributed by atoms with Gasteiger partial charge in [0, 0.05) is 0 Å². The zero-order valence-electron chi connectivity index (χ0n) is 12.4. The second kappa shape index (κ2) is 5.91. The maximum atomic E-state index is 6.58. The van der Waals surface area contributed by atoms with Crippen molar-refractivity contribution in [1.29, 1.82) is 0 Å². The average molecular weight is 295 g/mol. The van der Waals surface area contributed by atoms with E-state index in [1.165, 1.54) is 33.0 Å². The van der Waals surface area contributed by atoms with Crippen LogP contribution in [0.5, 0.6) is 0 Å². The lowest BCUT2D eigenvalue weighted by Crippen LogP contribution is -1.96. The zero-order valence-corrected chi connectivity index (χ0v) is 13.2. The minimum atomic E-state index is 0.0212. The lowest BCUT2D eigenvalue weighted by atomic mass is 9.99. The summed E-state index contributed by atoms with van der Waals surface area (Å²) in [5, 5.41) is 2.60. The number of benzene rings is 3. The molecule has 0 saturated carbocycles. The maximum Gasteiger partial charge on any atom is 0.0625 e. The quantitative estimate of drug-likeness (QED) is 0.521. The summed E-state index contributed by atoms with van der Waals surface area (Å²) in [4.78, 5) is 0. The molecule has 1 unspecified atom stereocenters. The molecule has 3 aromatic rings. The molecule has 3 rings (SSSR count). The van der Waals surface area contributed by atoms with E-state index in [1.54, 1.807) is 0 Å². The van der Waals surface area contributed by atoms with Gasteiger partial charge >= 0.3 is 0 Å². The fourth-order valence-electron chi connectivity index (χ4n) is 2.64. The van der Waals surface area contributed by atoms with Crippen LogP contribution in [0.3, 0.4) is 0 Å². The summed E-state index contributed by atoms with van der Waals surface area (Å²) in [5.41, 5.74) is 5.03. The SMILES string of the molecule is Cc1ccc(C(Cl)Cc2ccc3ccc(C)cc3c2)cc1. The highest BCUT2D eigenvalue weighted by Gasteiger charge is 2.09. The molecule has 0 bridgehead atoms. The Balaban J connectivity index is 1.85. The van der Waals surface area contributed by atoms with Gasteiger partial charge in [0.15, 0.2) is 0 Å². The first-order chi connectivity index (χ1) is 10.1. The highest BCUT2D eigenvalue weighted by molar-refractivity contribution is 6.20. The number of alkyl halides is 1. The Morgan fingerprint density at radius 1 is 0.762 bits per heavy atom. The molecular weight excluding hydrogens is 276 g/mol. The Kier molecular flexibility index (Phi) is 3.98. The monoisotopic (exact) mass is 294 g/mol. The number of hydrogen-bond acceptors (Lipinski definition) is 0. The first kappa shape index (κ1) is 14.2. The molecule has 3 aromatic carbocycles. The van der Waals surface area contributed by atoms with Gasteiger partial charge in [0.1, 0.15) is 0 Å². The second-order valence-corrected chi connectivity index (χ2v) is 6.29. The summed E-state index contributed by atoms with van der Waals surface area (Å²) in [6.07, 6.45) is 0.856. The highest BCUT2D eigenvalue weighted by atomic mass is 35.5. The van der Waals surface area contributed by atoms with Gasteiger partial charge in [-0.2, -0.15) is 0 Å². The molecule has 0 fully saturated rings. The topological polar surface area (TPSA) is 0 Å². The van der Waals surface area contributed by atoms with Gasteiger partial charge in [-0.15, -0.1) is 11.6 Å². The summed E-state index contributed by atoms with van der Waals surface area (Å²) in [5.74, 6) is 0. The molecule has 1 heteroatoms. The van der Waals surface area contributed by atoms with Gasteiger partial charge in [0.05, 0.1) is 5.38 Å². The molecule has 0 amide bonds. The molecule has 106 valence electrons. The molecule has 21 heavy (non-hydrogen) atoms. The third-order valence-corrected chi connectivity index (χ3v) is 4.32. The van der Waals surface area contributed by atoms with Gasteiger partial charge in [-0.3, -0.25) is 0 Å². The predicted octanol–water partition coefficient (Wildman–Crippen LogP) is 5.98. The molecule has 0 aliphatic heterocycles. The summed E-state index contributed by atoms with van der Waals surface area (Å²) in [7, 11) is 0. The first-order valence-corrected chi connectivity index (χ1v) is 7.75. The van der Waals surface area contributed by atoms with E-state index in [0.717, 1.165) is 6.42 Å². The van der Waals surface area contributed by atoms with Gasteiger partial charge in [-0.25, -0.2) is 0 Å². The van der Waals surface area contributed by atoms with Crippen molar-refractivity contribution in [2.45, 2.75) is 25.6 Å². The summed E-state index contributed by atoms with van der Waals surface area (Å²) >= 11 is 6.58. The van der Waals surface area contributed by atoms with E-state index in [9.17, 15) is 0 Å². The van der Waals surface area contributed by atoms with E-state index in [2.05, 4.69) is 74.5 Å². The van der Waals surface area contributed by atoms with Crippen LogP contribution in [-0.2, 0) is 6.42 Å². The fraction of sp³-hybridized carbons (Fsp3) is 0.200. The summed E-state index contributed by atoms with van der Waals surface area (Å²) in [6.45, 7) is 4.22. The summed E-state index contributed by atoms with van der Waals surface area (Å²) < 4.78 is 0. The van der Waals surface area contributed by atoms with Gasteiger partial charge in [-0.1, -0.05) is 71.8 Å². The van der Waals surface area contributed by atoms with E-state index in [4.69, 9.17) is 11.6 Å². The molecule has 0 aliphatic carbocycles. The molecule has 0 nitrogen and oxygen atoms in total. The van der Waals surface area contributed by atoms with Crippen LogP contribution < -0.4 is 0 Å². The molecule has 0 saturated heterocycles. The predicted molar refractivity (Wildman–Crippen MR) is 92.2 cm³/mol. The van der Waals surface area contributed by atoms with Crippen molar-refractivity contribution >= 4 is 22.4 Å². The highest BCUT2D eigenvalue weighted by Crippen LogP contribution is 2.27. The number of fused-ring (bicyclic) bond motifs is 1. The van der Waals surface area contributed by atoms with Crippen LogP contribution in [-0.4, -0.2) is 0 Å². The van der Waals surface area contributed by atoms with Crippen LogP contribution >= 0.6 is 11.6 Å². The van der Waals surface area contributed by atoms with Crippen molar-refractivity contribution in [3.63, 3.8) is 0 Å². The smallest absolute Gasteiger partial charge is 0.0625 e. The van der Waals surface area contributed by atoms with Crippen LogP contribution in [0.2, 0.25) is 0 Å². The number of rotatable bonds is 3. The Morgan fingerprint density at radius 2 is 1.43 bits per heavy atom. The lowest BCUT2D eigenvalue weighted by molar-refractivity contribution is 0.921. The van der Waals surface area contributed by atoms with Crippen LogP contribution in [0.25, 0.3) is 10.8 Å². The van der Waals surface area contributed by atoms with Gasteiger partial charge in [0.2, 0.25) is 0 Å². The average Bonchev–Trinajstić information content (AvgIpc) is 2.47. The van der Waals surface area contributed by atoms with E-state index < -0.39 is 0 Å². The summed E-state index contributed by atoms with van der Waals surface area (Å²) in [6, 6.07) is 21.7. The van der Waals surface area contributed by atoms with Crippen LogP contribution in [0, 0.1) is 13.8 Å². The van der Waals surface area contributed by atoms with Crippen molar-refractivity contribution in [3.8, 4) is 0 Å². The number of hydrogen-bond donors (Lipinski definition) is 0. The second-order valence-electron chi connectivity index (χ2n) is 5.77. The van der Waals surface area contributed by atoms with Crippen molar-refractivity contribution in [2.24, 2.45) is 0 Å². The first-order valence-electron chi connectivity index (χ1n) is 7.32. The number of halogens is 1. The normalized spacial score (nSPS) is 12.5. The van der Waals surface area contributed by atoms with Crippen molar-refractivity contribution in [1.82, 2.24) is 0 Å². The number of aryl methyl sites for hydroxylation is 2. The molecule has 0 aliphatic rings. The van der Waals surface area contributed by atoms with E-state index >= 15 is 0 Å². The molecule has 0 heterocycles. The maximum absolute atomic E-state index is 6.58. The molecule has 0 N–H and O–H groups in total. The van der Waals surface area contributed by atoms with Crippen LogP contribution in [0.15, 0.2) is 60.7 Å². The molecule has 0 spiro atoms. The molecule has 0 aromatic heterocycles. The van der Waals surface area contributed by atoms with Gasteiger partial charge < -0.3 is 0 Å². The van der Waals surface area contributed by atoms with E-state index in [0.29, 0.717) is 0 Å².